The third kappa shape index (κ3) is 3.74. The summed E-state index contributed by atoms with van der Waals surface area (Å²) in [5, 5.41) is 2.84. The van der Waals surface area contributed by atoms with Gasteiger partial charge in [-0.05, 0) is 31.0 Å². The molecule has 0 saturated carbocycles. The second-order valence-electron chi connectivity index (χ2n) is 4.70. The van der Waals surface area contributed by atoms with E-state index < -0.39 is 11.7 Å². The standard InChI is InChI=1S/C16H17F3N2/c1-3-11-5-7-12(8-6-11)14-9-13(16(17,18)19)10-15(21-14)20-4-2/h5-10H,3-4H2,1-2H3,(H,20,21). The van der Waals surface area contributed by atoms with E-state index >= 15 is 0 Å². The minimum absolute atomic E-state index is 0.238. The number of aryl methyl sites for hydroxylation is 1. The molecule has 0 bridgehead atoms. The maximum absolute atomic E-state index is 13.0. The van der Waals surface area contributed by atoms with E-state index in [1.54, 1.807) is 12.1 Å². The first-order valence-electron chi connectivity index (χ1n) is 6.86. The van der Waals surface area contributed by atoms with Crippen molar-refractivity contribution < 1.29 is 13.2 Å². The third-order valence-corrected chi connectivity index (χ3v) is 3.17. The number of anilines is 1. The number of nitrogens with zero attached hydrogens (tertiary/aromatic N) is 1. The van der Waals surface area contributed by atoms with E-state index in [0.29, 0.717) is 17.8 Å². The van der Waals surface area contributed by atoms with Crippen LogP contribution in [0, 0.1) is 0 Å². The molecule has 0 unspecified atom stereocenters. The summed E-state index contributed by atoms with van der Waals surface area (Å²) in [6, 6.07) is 9.54. The van der Waals surface area contributed by atoms with Crippen molar-refractivity contribution in [1.82, 2.24) is 4.98 Å². The van der Waals surface area contributed by atoms with E-state index in [1.165, 1.54) is 0 Å². The molecule has 1 aromatic carbocycles. The van der Waals surface area contributed by atoms with Crippen LogP contribution in [-0.4, -0.2) is 11.5 Å². The van der Waals surface area contributed by atoms with E-state index in [4.69, 9.17) is 0 Å². The van der Waals surface area contributed by atoms with Gasteiger partial charge in [0.05, 0.1) is 11.3 Å². The zero-order valence-corrected chi connectivity index (χ0v) is 12.0. The Morgan fingerprint density at radius 1 is 1.05 bits per heavy atom. The van der Waals surface area contributed by atoms with Crippen LogP contribution in [-0.2, 0) is 12.6 Å². The summed E-state index contributed by atoms with van der Waals surface area (Å²) in [7, 11) is 0. The summed E-state index contributed by atoms with van der Waals surface area (Å²) in [6.07, 6.45) is -3.50. The van der Waals surface area contributed by atoms with Gasteiger partial charge in [-0.1, -0.05) is 31.2 Å². The molecule has 0 saturated heterocycles. The lowest BCUT2D eigenvalue weighted by atomic mass is 10.1. The van der Waals surface area contributed by atoms with Gasteiger partial charge in [0.2, 0.25) is 0 Å². The summed E-state index contributed by atoms with van der Waals surface area (Å²) in [6.45, 7) is 4.36. The highest BCUT2D eigenvalue weighted by Crippen LogP contribution is 2.33. The molecule has 0 atom stereocenters. The van der Waals surface area contributed by atoms with Crippen molar-refractivity contribution in [3.63, 3.8) is 0 Å². The number of rotatable bonds is 4. The minimum atomic E-state index is -4.38. The molecule has 1 heterocycles. The van der Waals surface area contributed by atoms with Gasteiger partial charge in [-0.25, -0.2) is 4.98 Å². The Hall–Kier alpha value is -2.04. The zero-order valence-electron chi connectivity index (χ0n) is 12.0. The van der Waals surface area contributed by atoms with E-state index in [0.717, 1.165) is 24.1 Å². The van der Waals surface area contributed by atoms with Crippen LogP contribution in [0.2, 0.25) is 0 Å². The van der Waals surface area contributed by atoms with Crippen LogP contribution in [0.25, 0.3) is 11.3 Å². The number of hydrogen-bond donors (Lipinski definition) is 1. The van der Waals surface area contributed by atoms with Crippen LogP contribution in [0.5, 0.6) is 0 Å². The van der Waals surface area contributed by atoms with Crippen molar-refractivity contribution in [3.8, 4) is 11.3 Å². The molecular formula is C16H17F3N2. The fourth-order valence-electron chi connectivity index (χ4n) is 2.03. The van der Waals surface area contributed by atoms with E-state index in [2.05, 4.69) is 10.3 Å². The van der Waals surface area contributed by atoms with Crippen molar-refractivity contribution in [2.24, 2.45) is 0 Å². The highest BCUT2D eigenvalue weighted by molar-refractivity contribution is 5.63. The molecule has 0 radical (unpaired) electrons. The fraction of sp³-hybridized carbons (Fsp3) is 0.312. The summed E-state index contributed by atoms with van der Waals surface area (Å²) in [5.74, 6) is 0.238. The van der Waals surface area contributed by atoms with Gasteiger partial charge in [-0.2, -0.15) is 13.2 Å². The number of halogens is 3. The number of hydrogen-bond acceptors (Lipinski definition) is 2. The zero-order chi connectivity index (χ0) is 15.5. The monoisotopic (exact) mass is 294 g/mol. The van der Waals surface area contributed by atoms with E-state index in [-0.39, 0.29) is 5.82 Å². The summed E-state index contributed by atoms with van der Waals surface area (Å²) in [4.78, 5) is 4.25. The van der Waals surface area contributed by atoms with Crippen LogP contribution >= 0.6 is 0 Å². The average molecular weight is 294 g/mol. The molecule has 1 aromatic heterocycles. The Kier molecular flexibility index (Phi) is 4.50. The predicted octanol–water partition coefficient (Wildman–Crippen LogP) is 4.76. The fourth-order valence-corrected chi connectivity index (χ4v) is 2.03. The first-order valence-corrected chi connectivity index (χ1v) is 6.86. The molecule has 2 aromatic rings. The lowest BCUT2D eigenvalue weighted by molar-refractivity contribution is -0.137. The van der Waals surface area contributed by atoms with Gasteiger partial charge in [0.1, 0.15) is 5.82 Å². The van der Waals surface area contributed by atoms with Gasteiger partial charge in [-0.15, -0.1) is 0 Å². The van der Waals surface area contributed by atoms with Gasteiger partial charge >= 0.3 is 6.18 Å². The Morgan fingerprint density at radius 2 is 1.71 bits per heavy atom. The Morgan fingerprint density at radius 3 is 2.24 bits per heavy atom. The maximum Gasteiger partial charge on any atom is 0.416 e. The second kappa shape index (κ2) is 6.16. The van der Waals surface area contributed by atoms with E-state index in [1.807, 2.05) is 26.0 Å². The molecule has 5 heteroatoms. The Bertz CT molecular complexity index is 604. The molecule has 0 aliphatic heterocycles. The molecule has 0 aliphatic carbocycles. The SMILES string of the molecule is CCNc1cc(C(F)(F)F)cc(-c2ccc(CC)cc2)n1. The first kappa shape index (κ1) is 15.4. The topological polar surface area (TPSA) is 24.9 Å². The van der Waals surface area contributed by atoms with Crippen molar-refractivity contribution >= 4 is 5.82 Å². The average Bonchev–Trinajstić information content (AvgIpc) is 2.46. The quantitative estimate of drug-likeness (QED) is 0.879. The molecule has 0 amide bonds. The van der Waals surface area contributed by atoms with E-state index in [9.17, 15) is 13.2 Å². The Balaban J connectivity index is 2.48. The molecule has 2 rings (SSSR count). The van der Waals surface area contributed by atoms with Crippen LogP contribution < -0.4 is 5.32 Å². The van der Waals surface area contributed by atoms with Crippen LogP contribution in [0.4, 0.5) is 19.0 Å². The van der Waals surface area contributed by atoms with Gasteiger partial charge < -0.3 is 5.32 Å². The number of benzene rings is 1. The molecule has 112 valence electrons. The normalized spacial score (nSPS) is 11.5. The molecule has 21 heavy (non-hydrogen) atoms. The number of alkyl halides is 3. The molecule has 0 spiro atoms. The van der Waals surface area contributed by atoms with Crippen molar-refractivity contribution in [2.45, 2.75) is 26.4 Å². The summed E-state index contributed by atoms with van der Waals surface area (Å²) < 4.78 is 38.9. The lowest BCUT2D eigenvalue weighted by Gasteiger charge is -2.12. The van der Waals surface area contributed by atoms with Crippen LogP contribution in [0.1, 0.15) is 25.0 Å². The van der Waals surface area contributed by atoms with Crippen molar-refractivity contribution in [2.75, 3.05) is 11.9 Å². The van der Waals surface area contributed by atoms with Gasteiger partial charge in [0.15, 0.2) is 0 Å². The lowest BCUT2D eigenvalue weighted by Crippen LogP contribution is -2.08. The highest BCUT2D eigenvalue weighted by Gasteiger charge is 2.31. The maximum atomic E-state index is 13.0. The van der Waals surface area contributed by atoms with Crippen LogP contribution in [0.15, 0.2) is 36.4 Å². The number of pyridine rings is 1. The summed E-state index contributed by atoms with van der Waals surface area (Å²) in [5.41, 5.74) is 1.45. The Labute approximate surface area is 122 Å². The highest BCUT2D eigenvalue weighted by atomic mass is 19.4. The smallest absolute Gasteiger partial charge is 0.370 e. The third-order valence-electron chi connectivity index (χ3n) is 3.17. The predicted molar refractivity (Wildman–Crippen MR) is 78.2 cm³/mol. The van der Waals surface area contributed by atoms with Gasteiger partial charge in [0, 0.05) is 12.1 Å². The molecule has 0 aliphatic rings. The largest absolute Gasteiger partial charge is 0.416 e. The minimum Gasteiger partial charge on any atom is -0.370 e. The second-order valence-corrected chi connectivity index (χ2v) is 4.70. The molecule has 1 N–H and O–H groups in total. The van der Waals surface area contributed by atoms with Crippen molar-refractivity contribution in [3.05, 3.63) is 47.5 Å². The molecular weight excluding hydrogens is 277 g/mol. The number of nitrogens with one attached hydrogen (secondary N) is 1. The molecule has 0 fully saturated rings. The number of aromatic nitrogens is 1. The van der Waals surface area contributed by atoms with Crippen molar-refractivity contribution in [1.29, 1.82) is 0 Å². The van der Waals surface area contributed by atoms with Gasteiger partial charge in [-0.3, -0.25) is 0 Å². The van der Waals surface area contributed by atoms with Crippen LogP contribution in [0.3, 0.4) is 0 Å². The summed E-state index contributed by atoms with van der Waals surface area (Å²) >= 11 is 0. The molecule has 2 nitrogen and oxygen atoms in total. The van der Waals surface area contributed by atoms with Gasteiger partial charge in [0.25, 0.3) is 0 Å². The first-order chi connectivity index (χ1) is 9.94.